The molecule has 0 amide bonds. The number of nitrogens with zero attached hydrogens (tertiary/aromatic N) is 3. The molecule has 0 fully saturated rings. The van der Waals surface area contributed by atoms with Gasteiger partial charge in [0, 0.05) is 24.8 Å². The minimum Gasteiger partial charge on any atom is -0.367 e. The van der Waals surface area contributed by atoms with E-state index < -0.39 is 27.4 Å². The molecule has 0 spiro atoms. The maximum Gasteiger partial charge on any atom is 0.215 e. The van der Waals surface area contributed by atoms with E-state index in [0.29, 0.717) is 11.6 Å². The van der Waals surface area contributed by atoms with E-state index in [4.69, 9.17) is 0 Å². The number of hydrogen-bond donors (Lipinski definition) is 3. The van der Waals surface area contributed by atoms with Gasteiger partial charge in [0.2, 0.25) is 10.0 Å². The average Bonchev–Trinajstić information content (AvgIpc) is 2.70. The van der Waals surface area contributed by atoms with Gasteiger partial charge in [0.1, 0.15) is 17.5 Å². The molecule has 8 nitrogen and oxygen atoms in total. The lowest BCUT2D eigenvalue weighted by atomic mass is 10.2. The molecule has 3 N–H and O–H groups in total. The predicted octanol–water partition coefficient (Wildman–Crippen LogP) is 2.42. The lowest BCUT2D eigenvalue weighted by Gasteiger charge is -2.09. The standard InChI is InChI=1S/C18H18F2N6O2S/c19-14-3-4-16(20)13(10-14)12-29(27,28)23-9-8-22-17-5-6-18(26-25-17)24-15-2-1-7-21-11-15/h1-7,10-11,23H,8-9,12H2,(H,22,25)(H,24,26). The molecule has 0 unspecified atom stereocenters. The number of rotatable bonds is 9. The van der Waals surface area contributed by atoms with E-state index in [-0.39, 0.29) is 18.7 Å². The van der Waals surface area contributed by atoms with E-state index in [1.807, 2.05) is 6.07 Å². The Morgan fingerprint density at radius 3 is 2.48 bits per heavy atom. The zero-order valence-electron chi connectivity index (χ0n) is 15.1. The van der Waals surface area contributed by atoms with Crippen molar-refractivity contribution in [2.75, 3.05) is 23.7 Å². The fraction of sp³-hybridized carbons (Fsp3) is 0.167. The largest absolute Gasteiger partial charge is 0.367 e. The molecule has 0 atom stereocenters. The van der Waals surface area contributed by atoms with Crippen molar-refractivity contribution in [2.45, 2.75) is 5.75 Å². The smallest absolute Gasteiger partial charge is 0.215 e. The summed E-state index contributed by atoms with van der Waals surface area (Å²) in [6.07, 6.45) is 3.31. The molecule has 2 aromatic heterocycles. The molecule has 2 heterocycles. The van der Waals surface area contributed by atoms with Crippen LogP contribution in [0.2, 0.25) is 0 Å². The van der Waals surface area contributed by atoms with Crippen molar-refractivity contribution in [1.29, 1.82) is 0 Å². The van der Waals surface area contributed by atoms with Crippen LogP contribution >= 0.6 is 0 Å². The highest BCUT2D eigenvalue weighted by atomic mass is 32.2. The SMILES string of the molecule is O=S(=O)(Cc1cc(F)ccc1F)NCCNc1ccc(Nc2cccnc2)nn1. The molecule has 0 aliphatic heterocycles. The summed E-state index contributed by atoms with van der Waals surface area (Å²) in [6.45, 7) is 0.269. The maximum absolute atomic E-state index is 13.6. The third-order valence-electron chi connectivity index (χ3n) is 3.70. The molecular formula is C18H18F2N6O2S. The molecule has 3 rings (SSSR count). The van der Waals surface area contributed by atoms with Crippen LogP contribution in [0.5, 0.6) is 0 Å². The second-order valence-corrected chi connectivity index (χ2v) is 7.79. The minimum absolute atomic E-state index is 0.0383. The van der Waals surface area contributed by atoms with E-state index in [2.05, 4.69) is 30.5 Å². The number of halogens is 2. The van der Waals surface area contributed by atoms with Crippen molar-refractivity contribution < 1.29 is 17.2 Å². The number of hydrogen-bond acceptors (Lipinski definition) is 7. The fourth-order valence-corrected chi connectivity index (χ4v) is 3.53. The Balaban J connectivity index is 1.45. The molecule has 11 heteroatoms. The van der Waals surface area contributed by atoms with Crippen molar-refractivity contribution in [2.24, 2.45) is 0 Å². The molecule has 0 aliphatic carbocycles. The first-order chi connectivity index (χ1) is 13.9. The Hall–Kier alpha value is -3.18. The van der Waals surface area contributed by atoms with Gasteiger partial charge in [0.25, 0.3) is 0 Å². The van der Waals surface area contributed by atoms with Gasteiger partial charge in [-0.2, -0.15) is 0 Å². The van der Waals surface area contributed by atoms with Gasteiger partial charge < -0.3 is 10.6 Å². The summed E-state index contributed by atoms with van der Waals surface area (Å²) < 4.78 is 53.1. The van der Waals surface area contributed by atoms with Gasteiger partial charge in [0.15, 0.2) is 5.82 Å². The molecule has 0 radical (unpaired) electrons. The first-order valence-corrected chi connectivity index (χ1v) is 10.2. The summed E-state index contributed by atoms with van der Waals surface area (Å²) in [5.41, 5.74) is 0.541. The Morgan fingerprint density at radius 1 is 0.966 bits per heavy atom. The van der Waals surface area contributed by atoms with Crippen LogP contribution in [0.25, 0.3) is 0 Å². The number of sulfonamides is 1. The topological polar surface area (TPSA) is 109 Å². The summed E-state index contributed by atoms with van der Waals surface area (Å²) in [6, 6.07) is 9.71. The number of benzene rings is 1. The zero-order chi connectivity index (χ0) is 20.7. The molecule has 0 saturated heterocycles. The highest BCUT2D eigenvalue weighted by molar-refractivity contribution is 7.88. The summed E-state index contributed by atoms with van der Waals surface area (Å²) in [5, 5.41) is 13.9. The van der Waals surface area contributed by atoms with Crippen LogP contribution < -0.4 is 15.4 Å². The summed E-state index contributed by atoms with van der Waals surface area (Å²) in [5.74, 6) is -1.13. The highest BCUT2D eigenvalue weighted by Gasteiger charge is 2.15. The molecule has 1 aromatic carbocycles. The van der Waals surface area contributed by atoms with Crippen LogP contribution in [-0.2, 0) is 15.8 Å². The third kappa shape index (κ3) is 6.43. The lowest BCUT2D eigenvalue weighted by Crippen LogP contribution is -2.30. The van der Waals surface area contributed by atoms with Crippen LogP contribution in [0.3, 0.4) is 0 Å². The highest BCUT2D eigenvalue weighted by Crippen LogP contribution is 2.14. The number of aromatic nitrogens is 3. The number of nitrogens with one attached hydrogen (secondary N) is 3. The number of anilines is 3. The van der Waals surface area contributed by atoms with Gasteiger partial charge in [-0.3, -0.25) is 4.98 Å². The van der Waals surface area contributed by atoms with Gasteiger partial charge >= 0.3 is 0 Å². The van der Waals surface area contributed by atoms with Gasteiger partial charge in [-0.05, 0) is 42.5 Å². The normalized spacial score (nSPS) is 11.2. The monoisotopic (exact) mass is 420 g/mol. The van der Waals surface area contributed by atoms with Crippen LogP contribution in [-0.4, -0.2) is 36.7 Å². The second-order valence-electron chi connectivity index (χ2n) is 5.99. The zero-order valence-corrected chi connectivity index (χ0v) is 16.0. The van der Waals surface area contributed by atoms with Crippen LogP contribution in [0, 0.1) is 11.6 Å². The first kappa shape index (κ1) is 20.6. The molecule has 0 saturated carbocycles. The van der Waals surface area contributed by atoms with Crippen LogP contribution in [0.4, 0.5) is 26.1 Å². The van der Waals surface area contributed by atoms with Crippen molar-refractivity contribution in [3.63, 3.8) is 0 Å². The van der Waals surface area contributed by atoms with Gasteiger partial charge in [0.05, 0.1) is 17.6 Å². The second kappa shape index (κ2) is 9.34. The molecule has 29 heavy (non-hydrogen) atoms. The Labute approximate surface area is 166 Å². The van der Waals surface area contributed by atoms with Crippen molar-refractivity contribution in [3.8, 4) is 0 Å². The fourth-order valence-electron chi connectivity index (χ4n) is 2.38. The summed E-state index contributed by atoms with van der Waals surface area (Å²) in [4.78, 5) is 3.99. The molecular weight excluding hydrogens is 402 g/mol. The van der Waals surface area contributed by atoms with Crippen molar-refractivity contribution in [3.05, 3.63) is 72.1 Å². The molecule has 3 aromatic rings. The Bertz CT molecular complexity index is 1050. The van der Waals surface area contributed by atoms with Crippen LogP contribution in [0.1, 0.15) is 5.56 Å². The van der Waals surface area contributed by atoms with E-state index in [9.17, 15) is 17.2 Å². The van der Waals surface area contributed by atoms with Gasteiger partial charge in [-0.1, -0.05) is 0 Å². The van der Waals surface area contributed by atoms with E-state index in [1.165, 1.54) is 0 Å². The van der Waals surface area contributed by atoms with E-state index in [1.54, 1.807) is 30.6 Å². The van der Waals surface area contributed by atoms with Crippen molar-refractivity contribution >= 4 is 27.3 Å². The summed E-state index contributed by atoms with van der Waals surface area (Å²) >= 11 is 0. The minimum atomic E-state index is -3.82. The third-order valence-corrected chi connectivity index (χ3v) is 5.04. The van der Waals surface area contributed by atoms with Gasteiger partial charge in [-0.25, -0.2) is 21.9 Å². The van der Waals surface area contributed by atoms with Crippen LogP contribution in [0.15, 0.2) is 54.9 Å². The van der Waals surface area contributed by atoms with E-state index in [0.717, 1.165) is 23.9 Å². The quantitative estimate of drug-likeness (QED) is 0.456. The predicted molar refractivity (Wildman–Crippen MR) is 105 cm³/mol. The lowest BCUT2D eigenvalue weighted by molar-refractivity contribution is 0.571. The molecule has 0 bridgehead atoms. The van der Waals surface area contributed by atoms with E-state index >= 15 is 0 Å². The number of pyridine rings is 1. The first-order valence-electron chi connectivity index (χ1n) is 8.57. The molecule has 0 aliphatic rings. The Morgan fingerprint density at radius 2 is 1.76 bits per heavy atom. The Kier molecular flexibility index (Phi) is 6.62. The molecule has 152 valence electrons. The summed E-state index contributed by atoms with van der Waals surface area (Å²) in [7, 11) is -3.82. The van der Waals surface area contributed by atoms with Gasteiger partial charge in [-0.15, -0.1) is 10.2 Å². The maximum atomic E-state index is 13.6. The van der Waals surface area contributed by atoms with Crippen molar-refractivity contribution in [1.82, 2.24) is 19.9 Å². The average molecular weight is 420 g/mol.